The van der Waals surface area contributed by atoms with Crippen LogP contribution in [-0.2, 0) is 24.8 Å². The number of nitrogens with one attached hydrogen (secondary N) is 1. The summed E-state index contributed by atoms with van der Waals surface area (Å²) in [5.74, 6) is 0. The van der Waals surface area contributed by atoms with Gasteiger partial charge in [0.1, 0.15) is 5.37 Å². The van der Waals surface area contributed by atoms with Crippen LogP contribution in [0.15, 0.2) is 4.40 Å². The second-order valence-corrected chi connectivity index (χ2v) is 7.83. The quantitative estimate of drug-likeness (QED) is 0.557. The molecule has 0 bridgehead atoms. The van der Waals surface area contributed by atoms with Crippen molar-refractivity contribution in [2.75, 3.05) is 0 Å². The van der Waals surface area contributed by atoms with Crippen LogP contribution < -0.4 is 4.72 Å². The van der Waals surface area contributed by atoms with Crippen molar-refractivity contribution in [2.45, 2.75) is 43.2 Å². The summed E-state index contributed by atoms with van der Waals surface area (Å²) in [4.78, 5) is 9.85. The second kappa shape index (κ2) is 5.26. The first-order valence-corrected chi connectivity index (χ1v) is 8.18. The van der Waals surface area contributed by atoms with Crippen molar-refractivity contribution in [1.82, 2.24) is 4.72 Å². The summed E-state index contributed by atoms with van der Waals surface area (Å²) in [5.41, 5.74) is 0. The summed E-state index contributed by atoms with van der Waals surface area (Å²) in [5, 5.41) is -1.80. The van der Waals surface area contributed by atoms with E-state index in [4.69, 9.17) is 0 Å². The van der Waals surface area contributed by atoms with Gasteiger partial charge in [-0.05, 0) is 19.8 Å². The van der Waals surface area contributed by atoms with Crippen molar-refractivity contribution in [2.24, 2.45) is 4.40 Å². The predicted octanol–water partition coefficient (Wildman–Crippen LogP) is -0.140. The number of nitrogens with zero attached hydrogens (tertiary/aromatic N) is 1. The van der Waals surface area contributed by atoms with Gasteiger partial charge in [-0.3, -0.25) is 0 Å². The van der Waals surface area contributed by atoms with Crippen molar-refractivity contribution in [3.05, 3.63) is 0 Å². The Bertz CT molecular complexity index is 512. The molecule has 7 nitrogen and oxygen atoms in total. The van der Waals surface area contributed by atoms with E-state index in [0.29, 0.717) is 12.8 Å². The van der Waals surface area contributed by atoms with Crippen LogP contribution in [0, 0.1) is 0 Å². The molecule has 17 heavy (non-hydrogen) atoms. The summed E-state index contributed by atoms with van der Waals surface area (Å²) >= 11 is 0. The SMILES string of the molecule is CC(NS(=O)(=O)N=C=O)S(=O)(=O)C1CCCC1. The van der Waals surface area contributed by atoms with Crippen molar-refractivity contribution in [3.63, 3.8) is 0 Å². The fraction of sp³-hybridized carbons (Fsp3) is 0.875. The first kappa shape index (κ1) is 14.3. The van der Waals surface area contributed by atoms with Crippen LogP contribution >= 0.6 is 0 Å². The molecular formula is C8H14N2O5S2. The number of hydrogen-bond acceptors (Lipinski definition) is 5. The van der Waals surface area contributed by atoms with Gasteiger partial charge in [-0.1, -0.05) is 17.2 Å². The maximum atomic E-state index is 11.9. The zero-order valence-electron chi connectivity index (χ0n) is 9.29. The molecule has 0 amide bonds. The number of hydrogen-bond donors (Lipinski definition) is 1. The Morgan fingerprint density at radius 3 is 2.24 bits per heavy atom. The molecule has 1 aliphatic rings. The van der Waals surface area contributed by atoms with Gasteiger partial charge in [0, 0.05) is 0 Å². The maximum Gasteiger partial charge on any atom is 0.331 e. The minimum Gasteiger partial charge on any atom is -0.227 e. The average Bonchev–Trinajstić information content (AvgIpc) is 2.69. The Labute approximate surface area is 100 Å². The molecule has 1 fully saturated rings. The van der Waals surface area contributed by atoms with Gasteiger partial charge >= 0.3 is 10.2 Å². The number of carbonyl (C=O) groups excluding carboxylic acids is 1. The number of rotatable bonds is 5. The molecule has 1 atom stereocenters. The van der Waals surface area contributed by atoms with E-state index in [2.05, 4.69) is 4.40 Å². The molecule has 1 saturated carbocycles. The fourth-order valence-electron chi connectivity index (χ4n) is 1.86. The van der Waals surface area contributed by atoms with Crippen LogP contribution in [0.5, 0.6) is 0 Å². The Morgan fingerprint density at radius 1 is 1.24 bits per heavy atom. The minimum absolute atomic E-state index is 0.514. The zero-order chi connectivity index (χ0) is 13.1. The lowest BCUT2D eigenvalue weighted by Gasteiger charge is -2.17. The van der Waals surface area contributed by atoms with E-state index >= 15 is 0 Å². The summed E-state index contributed by atoms with van der Waals surface area (Å²) < 4.78 is 50.4. The van der Waals surface area contributed by atoms with Crippen LogP contribution in [0.4, 0.5) is 0 Å². The van der Waals surface area contributed by atoms with Crippen molar-refractivity contribution < 1.29 is 21.6 Å². The lowest BCUT2D eigenvalue weighted by atomic mass is 10.4. The van der Waals surface area contributed by atoms with Gasteiger partial charge in [-0.2, -0.15) is 13.1 Å². The van der Waals surface area contributed by atoms with E-state index in [-0.39, 0.29) is 0 Å². The smallest absolute Gasteiger partial charge is 0.227 e. The van der Waals surface area contributed by atoms with E-state index in [1.807, 2.05) is 4.72 Å². The highest BCUT2D eigenvalue weighted by molar-refractivity contribution is 7.94. The lowest BCUT2D eigenvalue weighted by Crippen LogP contribution is -2.41. The van der Waals surface area contributed by atoms with E-state index in [1.54, 1.807) is 0 Å². The third kappa shape index (κ3) is 3.60. The van der Waals surface area contributed by atoms with Crippen molar-refractivity contribution >= 4 is 26.1 Å². The third-order valence-corrected chi connectivity index (χ3v) is 6.35. The van der Waals surface area contributed by atoms with Gasteiger partial charge in [0.2, 0.25) is 0 Å². The molecule has 1 rings (SSSR count). The zero-order valence-corrected chi connectivity index (χ0v) is 10.9. The number of sulfone groups is 1. The topological polar surface area (TPSA) is 110 Å². The van der Waals surface area contributed by atoms with Gasteiger partial charge in [-0.25, -0.2) is 13.2 Å². The van der Waals surface area contributed by atoms with E-state index in [9.17, 15) is 21.6 Å². The third-order valence-electron chi connectivity index (χ3n) is 2.73. The highest BCUT2D eigenvalue weighted by Crippen LogP contribution is 2.26. The Morgan fingerprint density at radius 2 is 1.76 bits per heavy atom. The molecule has 0 radical (unpaired) electrons. The Balaban J connectivity index is 2.83. The van der Waals surface area contributed by atoms with E-state index < -0.39 is 30.7 Å². The van der Waals surface area contributed by atoms with Gasteiger partial charge in [0.05, 0.1) is 5.25 Å². The highest BCUT2D eigenvalue weighted by atomic mass is 32.2. The largest absolute Gasteiger partial charge is 0.331 e. The first-order chi connectivity index (χ1) is 7.79. The first-order valence-electron chi connectivity index (χ1n) is 5.14. The average molecular weight is 282 g/mol. The Kier molecular flexibility index (Phi) is 4.42. The molecule has 1 N–H and O–H groups in total. The molecule has 0 aromatic carbocycles. The fourth-order valence-corrected chi connectivity index (χ4v) is 4.90. The van der Waals surface area contributed by atoms with Crippen molar-refractivity contribution in [1.29, 1.82) is 0 Å². The molecule has 0 spiro atoms. The lowest BCUT2D eigenvalue weighted by molar-refractivity contribution is 0.547. The van der Waals surface area contributed by atoms with Gasteiger partial charge in [0.15, 0.2) is 9.84 Å². The van der Waals surface area contributed by atoms with Gasteiger partial charge < -0.3 is 0 Å². The van der Waals surface area contributed by atoms with E-state index in [0.717, 1.165) is 18.9 Å². The molecule has 0 heterocycles. The van der Waals surface area contributed by atoms with Gasteiger partial charge in [-0.15, -0.1) is 0 Å². The summed E-state index contributed by atoms with van der Waals surface area (Å²) in [7, 11) is -7.84. The van der Waals surface area contributed by atoms with Gasteiger partial charge in [0.25, 0.3) is 6.08 Å². The molecule has 0 aromatic rings. The molecule has 1 unspecified atom stereocenters. The molecule has 1 aliphatic carbocycles. The van der Waals surface area contributed by atoms with Crippen LogP contribution in [0.2, 0.25) is 0 Å². The Hall–Kier alpha value is -0.760. The molecule has 0 aromatic heterocycles. The molecule has 0 saturated heterocycles. The van der Waals surface area contributed by atoms with Crippen molar-refractivity contribution in [3.8, 4) is 0 Å². The highest BCUT2D eigenvalue weighted by Gasteiger charge is 2.35. The molecular weight excluding hydrogens is 268 g/mol. The van der Waals surface area contributed by atoms with Crippen LogP contribution in [0.1, 0.15) is 32.6 Å². The van der Waals surface area contributed by atoms with E-state index in [1.165, 1.54) is 6.92 Å². The monoisotopic (exact) mass is 282 g/mol. The molecule has 9 heteroatoms. The van der Waals surface area contributed by atoms with Crippen LogP contribution in [0.3, 0.4) is 0 Å². The summed E-state index contributed by atoms with van der Waals surface area (Å²) in [6, 6.07) is 0. The molecule has 0 aliphatic heterocycles. The summed E-state index contributed by atoms with van der Waals surface area (Å²) in [6.07, 6.45) is 3.62. The predicted molar refractivity (Wildman–Crippen MR) is 60.8 cm³/mol. The van der Waals surface area contributed by atoms with Crippen LogP contribution in [0.25, 0.3) is 0 Å². The second-order valence-electron chi connectivity index (χ2n) is 3.91. The minimum atomic E-state index is -4.27. The normalized spacial score (nSPS) is 19.8. The number of isocyanates is 1. The maximum absolute atomic E-state index is 11.9. The van der Waals surface area contributed by atoms with Crippen LogP contribution in [-0.4, -0.2) is 33.5 Å². The standard InChI is InChI=1S/C8H14N2O5S2/c1-7(10-17(14,15)9-6-11)16(12,13)8-4-2-3-5-8/h7-8,10H,2-5H2,1H3. The molecule has 98 valence electrons. The summed E-state index contributed by atoms with van der Waals surface area (Å²) in [6.45, 7) is 1.23.